The Morgan fingerprint density at radius 1 is 1.18 bits per heavy atom. The highest BCUT2D eigenvalue weighted by atomic mass is 35.5. The molecule has 5 atom stereocenters. The van der Waals surface area contributed by atoms with E-state index in [0.29, 0.717) is 6.42 Å². The molecule has 0 aromatic carbocycles. The van der Waals surface area contributed by atoms with E-state index in [1.54, 1.807) is 0 Å². The van der Waals surface area contributed by atoms with E-state index in [4.69, 9.17) is 5.11 Å². The fourth-order valence-electron chi connectivity index (χ4n) is 2.18. The summed E-state index contributed by atoms with van der Waals surface area (Å²) >= 11 is 0. The number of rotatable bonds is 6. The molecule has 0 aliphatic carbocycles. The Hall–Kier alpha value is 0.0900. The van der Waals surface area contributed by atoms with Crippen molar-refractivity contribution in [1.29, 1.82) is 0 Å². The summed E-state index contributed by atoms with van der Waals surface area (Å²) in [7, 11) is 0. The van der Waals surface area contributed by atoms with Crippen molar-refractivity contribution in [2.24, 2.45) is 0 Å². The van der Waals surface area contributed by atoms with Crippen LogP contribution in [0.4, 0.5) is 0 Å². The standard InChI is InChI=1S/C11H23NO4.ClH/c1-2-3-4-5-8(14)9-11(16)10(15)7(6-13)12-9;/h7-16H,2-6H2,1H3;1H/t7-,8-,9-,10-,11-;/m1./s1. The van der Waals surface area contributed by atoms with Gasteiger partial charge in [-0.3, -0.25) is 0 Å². The minimum atomic E-state index is -1.01. The molecule has 1 fully saturated rings. The third kappa shape index (κ3) is 4.35. The molecule has 1 rings (SSSR count). The van der Waals surface area contributed by atoms with Crippen LogP contribution in [0.15, 0.2) is 0 Å². The molecule has 0 spiro atoms. The van der Waals surface area contributed by atoms with E-state index in [2.05, 4.69) is 12.2 Å². The Balaban J connectivity index is 0.00000256. The Kier molecular flexibility index (Phi) is 8.28. The topological polar surface area (TPSA) is 93.0 Å². The third-order valence-electron chi connectivity index (χ3n) is 3.25. The van der Waals surface area contributed by atoms with Crippen LogP contribution in [0.2, 0.25) is 0 Å². The van der Waals surface area contributed by atoms with Gasteiger partial charge < -0.3 is 25.7 Å². The highest BCUT2D eigenvalue weighted by Crippen LogP contribution is 2.19. The summed E-state index contributed by atoms with van der Waals surface area (Å²) in [6.07, 6.45) is 0.953. The van der Waals surface area contributed by atoms with E-state index in [1.807, 2.05) is 0 Å². The molecular formula is C11H24ClNO4. The first-order valence-electron chi connectivity index (χ1n) is 6.03. The number of aliphatic hydroxyl groups excluding tert-OH is 4. The maximum atomic E-state index is 9.86. The second-order valence-electron chi connectivity index (χ2n) is 4.53. The predicted octanol–water partition coefficient (Wildman–Crippen LogP) is -0.596. The molecular weight excluding hydrogens is 246 g/mol. The summed E-state index contributed by atoms with van der Waals surface area (Å²) in [6, 6.07) is -1.08. The van der Waals surface area contributed by atoms with Gasteiger partial charge in [-0.05, 0) is 6.42 Å². The Morgan fingerprint density at radius 3 is 2.29 bits per heavy atom. The normalized spacial score (nSPS) is 34.4. The Labute approximate surface area is 108 Å². The fraction of sp³-hybridized carbons (Fsp3) is 1.00. The average molecular weight is 270 g/mol. The second-order valence-corrected chi connectivity index (χ2v) is 4.53. The van der Waals surface area contributed by atoms with Gasteiger partial charge in [0.15, 0.2) is 0 Å². The Morgan fingerprint density at radius 2 is 1.82 bits per heavy atom. The number of halogens is 1. The lowest BCUT2D eigenvalue weighted by molar-refractivity contribution is -0.00441. The van der Waals surface area contributed by atoms with Crippen molar-refractivity contribution in [2.45, 2.75) is 63.0 Å². The molecule has 104 valence electrons. The van der Waals surface area contributed by atoms with Gasteiger partial charge in [-0.25, -0.2) is 0 Å². The van der Waals surface area contributed by atoms with E-state index >= 15 is 0 Å². The monoisotopic (exact) mass is 269 g/mol. The summed E-state index contributed by atoms with van der Waals surface area (Å²) < 4.78 is 0. The van der Waals surface area contributed by atoms with Gasteiger partial charge in [0.1, 0.15) is 0 Å². The first kappa shape index (κ1) is 17.1. The van der Waals surface area contributed by atoms with Gasteiger partial charge >= 0.3 is 0 Å². The third-order valence-corrected chi connectivity index (χ3v) is 3.25. The van der Waals surface area contributed by atoms with Crippen LogP contribution in [-0.2, 0) is 0 Å². The quantitative estimate of drug-likeness (QED) is 0.416. The zero-order chi connectivity index (χ0) is 12.1. The molecule has 1 heterocycles. The highest BCUT2D eigenvalue weighted by Gasteiger charge is 2.43. The molecule has 17 heavy (non-hydrogen) atoms. The molecule has 1 aliphatic rings. The summed E-state index contributed by atoms with van der Waals surface area (Å²) in [5.74, 6) is 0. The lowest BCUT2D eigenvalue weighted by Crippen LogP contribution is -2.44. The first-order valence-corrected chi connectivity index (χ1v) is 6.03. The van der Waals surface area contributed by atoms with Gasteiger partial charge in [0.25, 0.3) is 0 Å². The molecule has 0 radical (unpaired) electrons. The average Bonchev–Trinajstić information content (AvgIpc) is 2.56. The maximum absolute atomic E-state index is 9.86. The van der Waals surface area contributed by atoms with Crippen LogP contribution in [-0.4, -0.2) is 57.4 Å². The van der Waals surface area contributed by atoms with Crippen molar-refractivity contribution in [2.75, 3.05) is 6.61 Å². The van der Waals surface area contributed by atoms with E-state index in [1.165, 1.54) is 0 Å². The molecule has 6 heteroatoms. The van der Waals surface area contributed by atoms with Crippen LogP contribution in [0.5, 0.6) is 0 Å². The van der Waals surface area contributed by atoms with E-state index in [-0.39, 0.29) is 19.0 Å². The summed E-state index contributed by atoms with van der Waals surface area (Å²) in [6.45, 7) is 1.84. The van der Waals surface area contributed by atoms with Crippen molar-refractivity contribution < 1.29 is 20.4 Å². The van der Waals surface area contributed by atoms with Crippen LogP contribution in [0, 0.1) is 0 Å². The first-order chi connectivity index (χ1) is 7.61. The van der Waals surface area contributed by atoms with Crippen molar-refractivity contribution in [1.82, 2.24) is 5.32 Å². The summed E-state index contributed by atoms with van der Waals surface area (Å²) in [4.78, 5) is 0. The zero-order valence-corrected chi connectivity index (χ0v) is 10.9. The van der Waals surface area contributed by atoms with Crippen LogP contribution >= 0.6 is 12.4 Å². The van der Waals surface area contributed by atoms with Gasteiger partial charge in [0.2, 0.25) is 0 Å². The van der Waals surface area contributed by atoms with Crippen molar-refractivity contribution in [3.05, 3.63) is 0 Å². The Bertz CT molecular complexity index is 208. The molecule has 0 bridgehead atoms. The van der Waals surface area contributed by atoms with Crippen molar-refractivity contribution in [3.63, 3.8) is 0 Å². The molecule has 0 amide bonds. The van der Waals surface area contributed by atoms with Gasteiger partial charge in [0, 0.05) is 0 Å². The number of hydrogen-bond donors (Lipinski definition) is 5. The van der Waals surface area contributed by atoms with Gasteiger partial charge in [-0.2, -0.15) is 0 Å². The lowest BCUT2D eigenvalue weighted by atomic mass is 9.99. The molecule has 0 aromatic rings. The predicted molar refractivity (Wildman–Crippen MR) is 67.2 cm³/mol. The maximum Gasteiger partial charge on any atom is 0.0993 e. The molecule has 0 saturated carbocycles. The van der Waals surface area contributed by atoms with E-state index in [9.17, 15) is 15.3 Å². The van der Waals surface area contributed by atoms with Gasteiger partial charge in [-0.15, -0.1) is 12.4 Å². The number of hydrogen-bond acceptors (Lipinski definition) is 5. The molecule has 0 unspecified atom stereocenters. The van der Waals surface area contributed by atoms with Crippen LogP contribution in [0.25, 0.3) is 0 Å². The van der Waals surface area contributed by atoms with Crippen LogP contribution in [0.1, 0.15) is 32.6 Å². The number of aliphatic hydroxyl groups is 4. The van der Waals surface area contributed by atoms with Gasteiger partial charge in [0.05, 0.1) is 37.0 Å². The largest absolute Gasteiger partial charge is 0.395 e. The number of nitrogens with one attached hydrogen (secondary N) is 1. The molecule has 5 nitrogen and oxygen atoms in total. The van der Waals surface area contributed by atoms with E-state index in [0.717, 1.165) is 19.3 Å². The summed E-state index contributed by atoms with van der Waals surface area (Å²) in [5.41, 5.74) is 0. The van der Waals surface area contributed by atoms with E-state index < -0.39 is 30.4 Å². The SMILES string of the molecule is CCCCC[C@@H](O)[C@H]1N[C@H](CO)[C@@H](O)[C@@H]1O.Cl. The summed E-state index contributed by atoms with van der Waals surface area (Å²) in [5, 5.41) is 40.9. The zero-order valence-electron chi connectivity index (χ0n) is 10.1. The molecule has 5 N–H and O–H groups in total. The van der Waals surface area contributed by atoms with Crippen molar-refractivity contribution >= 4 is 12.4 Å². The minimum absolute atomic E-state index is 0. The van der Waals surface area contributed by atoms with Crippen LogP contribution in [0.3, 0.4) is 0 Å². The second kappa shape index (κ2) is 8.24. The molecule has 1 aliphatic heterocycles. The van der Waals surface area contributed by atoms with Crippen molar-refractivity contribution in [3.8, 4) is 0 Å². The number of unbranched alkanes of at least 4 members (excludes halogenated alkanes) is 2. The molecule has 1 saturated heterocycles. The lowest BCUT2D eigenvalue weighted by Gasteiger charge is -2.22. The van der Waals surface area contributed by atoms with Crippen LogP contribution < -0.4 is 5.32 Å². The fourth-order valence-corrected chi connectivity index (χ4v) is 2.18. The minimum Gasteiger partial charge on any atom is -0.395 e. The smallest absolute Gasteiger partial charge is 0.0993 e. The molecule has 0 aromatic heterocycles. The highest BCUT2D eigenvalue weighted by molar-refractivity contribution is 5.85. The van der Waals surface area contributed by atoms with Gasteiger partial charge in [-0.1, -0.05) is 26.2 Å².